The highest BCUT2D eigenvalue weighted by molar-refractivity contribution is 6.12. The number of para-hydroxylation sites is 3. The van der Waals surface area contributed by atoms with Crippen LogP contribution in [0.1, 0.15) is 0 Å². The second kappa shape index (κ2) is 12.3. The molecular formula is C51H30N4O2. The van der Waals surface area contributed by atoms with Crippen molar-refractivity contribution >= 4 is 65.7 Å². The van der Waals surface area contributed by atoms with Crippen LogP contribution in [0.4, 0.5) is 0 Å². The SMILES string of the molecule is c1ccc(-c2ccc3c4ccccc4n(-c4cccc(-c5nc(-c6ccc7oc8ccccc8c7c6)nc(-c6cccc7oc8ccccc8c67)n5)c4)c3c2)cc1. The van der Waals surface area contributed by atoms with Gasteiger partial charge in [0, 0.05) is 54.7 Å². The number of rotatable bonds is 5. The van der Waals surface area contributed by atoms with Gasteiger partial charge in [-0.05, 0) is 71.8 Å². The Kier molecular flexibility index (Phi) is 6.83. The highest BCUT2D eigenvalue weighted by atomic mass is 16.3. The van der Waals surface area contributed by atoms with Crippen LogP contribution in [0.25, 0.3) is 117 Å². The van der Waals surface area contributed by atoms with E-state index >= 15 is 0 Å². The monoisotopic (exact) mass is 730 g/mol. The number of furan rings is 2. The molecule has 6 nitrogen and oxygen atoms in total. The van der Waals surface area contributed by atoms with Crippen molar-refractivity contribution < 1.29 is 8.83 Å². The Labute approximate surface area is 325 Å². The summed E-state index contributed by atoms with van der Waals surface area (Å²) < 4.78 is 14.8. The molecule has 0 saturated heterocycles. The molecule has 0 aliphatic carbocycles. The summed E-state index contributed by atoms with van der Waals surface area (Å²) >= 11 is 0. The molecule has 0 spiro atoms. The van der Waals surface area contributed by atoms with Crippen molar-refractivity contribution in [3.8, 4) is 51.0 Å². The summed E-state index contributed by atoms with van der Waals surface area (Å²) in [5.41, 5.74) is 11.5. The van der Waals surface area contributed by atoms with Gasteiger partial charge in [0.15, 0.2) is 17.5 Å². The molecule has 8 aromatic carbocycles. The Balaban J connectivity index is 1.09. The summed E-state index contributed by atoms with van der Waals surface area (Å²) in [6.45, 7) is 0. The van der Waals surface area contributed by atoms with Gasteiger partial charge in [-0.15, -0.1) is 0 Å². The van der Waals surface area contributed by atoms with Crippen molar-refractivity contribution in [3.05, 3.63) is 182 Å². The minimum Gasteiger partial charge on any atom is -0.456 e. The van der Waals surface area contributed by atoms with Crippen LogP contribution >= 0.6 is 0 Å². The van der Waals surface area contributed by atoms with Gasteiger partial charge in [-0.25, -0.2) is 15.0 Å². The lowest BCUT2D eigenvalue weighted by molar-refractivity contribution is 0.668. The highest BCUT2D eigenvalue weighted by Crippen LogP contribution is 2.39. The summed E-state index contributed by atoms with van der Waals surface area (Å²) in [5, 5.41) is 6.44. The van der Waals surface area contributed by atoms with Crippen LogP contribution in [-0.2, 0) is 0 Å². The van der Waals surface area contributed by atoms with Gasteiger partial charge in [0.05, 0.1) is 11.0 Å². The molecule has 0 fully saturated rings. The van der Waals surface area contributed by atoms with Gasteiger partial charge in [-0.1, -0.05) is 121 Å². The van der Waals surface area contributed by atoms with E-state index < -0.39 is 0 Å². The average molecular weight is 731 g/mol. The smallest absolute Gasteiger partial charge is 0.164 e. The van der Waals surface area contributed by atoms with E-state index in [1.807, 2.05) is 60.7 Å². The molecule has 12 aromatic rings. The molecule has 0 unspecified atom stereocenters. The third-order valence-electron chi connectivity index (χ3n) is 11.1. The molecule has 0 radical (unpaired) electrons. The Bertz CT molecular complexity index is 3540. The molecule has 6 heteroatoms. The number of benzene rings is 8. The Morgan fingerprint density at radius 1 is 0.333 bits per heavy atom. The average Bonchev–Trinajstić information content (AvgIpc) is 3.96. The maximum Gasteiger partial charge on any atom is 0.164 e. The van der Waals surface area contributed by atoms with Crippen molar-refractivity contribution in [2.45, 2.75) is 0 Å². The van der Waals surface area contributed by atoms with Crippen molar-refractivity contribution in [3.63, 3.8) is 0 Å². The maximum absolute atomic E-state index is 6.30. The molecular weight excluding hydrogens is 701 g/mol. The first-order valence-corrected chi connectivity index (χ1v) is 19.0. The van der Waals surface area contributed by atoms with E-state index in [1.54, 1.807) is 0 Å². The number of hydrogen-bond acceptors (Lipinski definition) is 5. The lowest BCUT2D eigenvalue weighted by Gasteiger charge is -2.12. The first-order valence-electron chi connectivity index (χ1n) is 19.0. The molecule has 12 rings (SSSR count). The van der Waals surface area contributed by atoms with E-state index in [1.165, 1.54) is 21.9 Å². The molecule has 0 bridgehead atoms. The van der Waals surface area contributed by atoms with Crippen LogP contribution in [0.2, 0.25) is 0 Å². The van der Waals surface area contributed by atoms with Crippen molar-refractivity contribution in [1.82, 2.24) is 19.5 Å². The Hall–Kier alpha value is -7.83. The third-order valence-corrected chi connectivity index (χ3v) is 11.1. The van der Waals surface area contributed by atoms with E-state index in [9.17, 15) is 0 Å². The van der Waals surface area contributed by atoms with Crippen molar-refractivity contribution in [2.75, 3.05) is 0 Å². The standard InChI is InChI=1S/C51H30N4O2/c1-2-12-31(13-3-1)32-24-26-37-36-16-4-7-20-42(36)55(43(37)30-32)35-15-10-14-33(28-35)49-52-50(34-25-27-46-41(29-34)38-17-5-8-21-44(38)56-46)54-51(53-49)40-19-11-23-47-48(40)39-18-6-9-22-45(39)57-47/h1-30H. The van der Waals surface area contributed by atoms with Crippen LogP contribution in [0.3, 0.4) is 0 Å². The number of nitrogens with zero attached hydrogens (tertiary/aromatic N) is 4. The van der Waals surface area contributed by atoms with Gasteiger partial charge in [0.1, 0.15) is 22.3 Å². The lowest BCUT2D eigenvalue weighted by Crippen LogP contribution is -2.01. The topological polar surface area (TPSA) is 69.9 Å². The molecule has 0 atom stereocenters. The first kappa shape index (κ1) is 31.5. The minimum atomic E-state index is 0.569. The second-order valence-electron chi connectivity index (χ2n) is 14.4. The second-order valence-corrected chi connectivity index (χ2v) is 14.4. The van der Waals surface area contributed by atoms with E-state index in [-0.39, 0.29) is 0 Å². The van der Waals surface area contributed by atoms with Crippen molar-refractivity contribution in [2.24, 2.45) is 0 Å². The third kappa shape index (κ3) is 5.01. The van der Waals surface area contributed by atoms with Gasteiger partial charge in [-0.3, -0.25) is 0 Å². The first-order chi connectivity index (χ1) is 28.2. The molecule has 0 saturated carbocycles. The van der Waals surface area contributed by atoms with E-state index in [2.05, 4.69) is 126 Å². The van der Waals surface area contributed by atoms with Crippen LogP contribution in [0.5, 0.6) is 0 Å². The molecule has 266 valence electrons. The number of fused-ring (bicyclic) bond motifs is 9. The maximum atomic E-state index is 6.30. The normalized spacial score (nSPS) is 11.9. The van der Waals surface area contributed by atoms with E-state index in [0.717, 1.165) is 77.3 Å². The Morgan fingerprint density at radius 2 is 0.930 bits per heavy atom. The van der Waals surface area contributed by atoms with E-state index in [0.29, 0.717) is 17.5 Å². The molecule has 4 heterocycles. The number of aromatic nitrogens is 4. The summed E-state index contributed by atoms with van der Waals surface area (Å²) in [7, 11) is 0. The fourth-order valence-corrected chi connectivity index (χ4v) is 8.42. The van der Waals surface area contributed by atoms with Gasteiger partial charge in [0.2, 0.25) is 0 Å². The molecule has 57 heavy (non-hydrogen) atoms. The van der Waals surface area contributed by atoms with Crippen LogP contribution in [-0.4, -0.2) is 19.5 Å². The molecule has 0 amide bonds. The fourth-order valence-electron chi connectivity index (χ4n) is 8.42. The van der Waals surface area contributed by atoms with Crippen molar-refractivity contribution in [1.29, 1.82) is 0 Å². The zero-order valence-corrected chi connectivity index (χ0v) is 30.4. The van der Waals surface area contributed by atoms with Gasteiger partial charge in [-0.2, -0.15) is 0 Å². The molecule has 4 aromatic heterocycles. The van der Waals surface area contributed by atoms with E-state index in [4.69, 9.17) is 23.8 Å². The van der Waals surface area contributed by atoms with Gasteiger partial charge in [0.25, 0.3) is 0 Å². The van der Waals surface area contributed by atoms with Gasteiger partial charge < -0.3 is 13.4 Å². The van der Waals surface area contributed by atoms with Crippen LogP contribution in [0, 0.1) is 0 Å². The quantitative estimate of drug-likeness (QED) is 0.176. The summed E-state index contributed by atoms with van der Waals surface area (Å²) in [6.07, 6.45) is 0. The zero-order chi connectivity index (χ0) is 37.5. The molecule has 0 aliphatic rings. The minimum absolute atomic E-state index is 0.569. The fraction of sp³-hybridized carbons (Fsp3) is 0. The summed E-state index contributed by atoms with van der Waals surface area (Å²) in [6, 6.07) is 62.8. The zero-order valence-electron chi connectivity index (χ0n) is 30.4. The summed E-state index contributed by atoms with van der Waals surface area (Å²) in [5.74, 6) is 1.71. The predicted octanol–water partition coefficient (Wildman–Crippen LogP) is 13.4. The highest BCUT2D eigenvalue weighted by Gasteiger charge is 2.20. The van der Waals surface area contributed by atoms with Crippen LogP contribution < -0.4 is 0 Å². The summed E-state index contributed by atoms with van der Waals surface area (Å²) in [4.78, 5) is 15.7. The molecule has 0 N–H and O–H groups in total. The molecule has 0 aliphatic heterocycles. The van der Waals surface area contributed by atoms with Gasteiger partial charge >= 0.3 is 0 Å². The number of hydrogen-bond donors (Lipinski definition) is 0. The largest absolute Gasteiger partial charge is 0.456 e. The lowest BCUT2D eigenvalue weighted by atomic mass is 10.0. The Morgan fingerprint density at radius 3 is 1.79 bits per heavy atom. The predicted molar refractivity (Wildman–Crippen MR) is 230 cm³/mol. The van der Waals surface area contributed by atoms with Crippen LogP contribution in [0.15, 0.2) is 191 Å².